The zero-order valence-electron chi connectivity index (χ0n) is 11.6. The molecule has 2 nitrogen and oxygen atoms in total. The zero-order chi connectivity index (χ0) is 13.9. The second-order valence-corrected chi connectivity index (χ2v) is 6.05. The first-order valence-electron chi connectivity index (χ1n) is 6.99. The fraction of sp³-hybridized carbons (Fsp3) is 0.294. The zero-order valence-corrected chi connectivity index (χ0v) is 12.4. The molecule has 2 aromatic carbocycles. The Morgan fingerprint density at radius 1 is 1.25 bits per heavy atom. The largest absolute Gasteiger partial charge is 0.494 e. The highest BCUT2D eigenvalue weighted by Gasteiger charge is 2.28. The van der Waals surface area contributed by atoms with Crippen LogP contribution in [0.4, 0.5) is 0 Å². The fourth-order valence-corrected chi connectivity index (χ4v) is 4.00. The Hall–Kier alpha value is -1.45. The summed E-state index contributed by atoms with van der Waals surface area (Å²) >= 11 is 1.90. The van der Waals surface area contributed by atoms with Gasteiger partial charge in [0.1, 0.15) is 5.75 Å². The summed E-state index contributed by atoms with van der Waals surface area (Å²) in [6, 6.07) is 16.8. The van der Waals surface area contributed by atoms with Crippen LogP contribution in [0, 0.1) is 0 Å². The predicted molar refractivity (Wildman–Crippen MR) is 84.4 cm³/mol. The number of benzene rings is 2. The van der Waals surface area contributed by atoms with E-state index < -0.39 is 0 Å². The minimum Gasteiger partial charge on any atom is -0.494 e. The Kier molecular flexibility index (Phi) is 3.99. The van der Waals surface area contributed by atoms with Crippen molar-refractivity contribution in [2.45, 2.75) is 23.8 Å². The van der Waals surface area contributed by atoms with Crippen molar-refractivity contribution in [1.82, 2.24) is 0 Å². The molecule has 0 saturated heterocycles. The predicted octanol–water partition coefficient (Wildman–Crippen LogP) is 3.97. The molecule has 104 valence electrons. The van der Waals surface area contributed by atoms with Crippen LogP contribution in [-0.2, 0) is 0 Å². The summed E-state index contributed by atoms with van der Waals surface area (Å²) in [5.41, 5.74) is 9.04. The molecule has 1 aliphatic heterocycles. The number of nitrogens with two attached hydrogens (primary N) is 1. The molecule has 0 bridgehead atoms. The molecule has 1 aliphatic rings. The fourth-order valence-electron chi connectivity index (χ4n) is 2.70. The first-order chi connectivity index (χ1) is 9.79. The molecule has 3 rings (SSSR count). The van der Waals surface area contributed by atoms with Crippen molar-refractivity contribution in [2.75, 3.05) is 12.4 Å². The van der Waals surface area contributed by atoms with E-state index >= 15 is 0 Å². The van der Waals surface area contributed by atoms with E-state index in [0.717, 1.165) is 17.1 Å². The summed E-state index contributed by atoms with van der Waals surface area (Å²) in [6.07, 6.45) is 0. The van der Waals surface area contributed by atoms with Crippen molar-refractivity contribution < 1.29 is 4.74 Å². The van der Waals surface area contributed by atoms with E-state index in [-0.39, 0.29) is 6.04 Å². The highest BCUT2D eigenvalue weighted by atomic mass is 32.2. The molecule has 20 heavy (non-hydrogen) atoms. The van der Waals surface area contributed by atoms with Gasteiger partial charge in [-0.05, 0) is 36.2 Å². The third-order valence-electron chi connectivity index (χ3n) is 3.72. The number of fused-ring (bicyclic) bond motifs is 1. The van der Waals surface area contributed by atoms with Gasteiger partial charge in [0.25, 0.3) is 0 Å². The maximum Gasteiger partial charge on any atom is 0.119 e. The molecule has 3 heteroatoms. The molecular weight excluding hydrogens is 266 g/mol. The van der Waals surface area contributed by atoms with Gasteiger partial charge >= 0.3 is 0 Å². The summed E-state index contributed by atoms with van der Waals surface area (Å²) in [6.45, 7) is 2.68. The van der Waals surface area contributed by atoms with Gasteiger partial charge in [0.05, 0.1) is 6.61 Å². The topological polar surface area (TPSA) is 35.2 Å². The van der Waals surface area contributed by atoms with Crippen LogP contribution in [0.25, 0.3) is 0 Å². The van der Waals surface area contributed by atoms with E-state index in [1.54, 1.807) is 0 Å². The SMILES string of the molecule is CCOc1cccc(C(N)C2CSc3ccccc32)c1. The van der Waals surface area contributed by atoms with Crippen LogP contribution in [0.5, 0.6) is 5.75 Å². The van der Waals surface area contributed by atoms with Gasteiger partial charge < -0.3 is 10.5 Å². The quantitative estimate of drug-likeness (QED) is 0.923. The minimum atomic E-state index is 0.0200. The number of hydrogen-bond acceptors (Lipinski definition) is 3. The normalized spacial score (nSPS) is 18.6. The maximum atomic E-state index is 6.51. The summed E-state index contributed by atoms with van der Waals surface area (Å²) < 4.78 is 5.57. The Morgan fingerprint density at radius 3 is 2.95 bits per heavy atom. The van der Waals surface area contributed by atoms with Crippen LogP contribution in [0.2, 0.25) is 0 Å². The van der Waals surface area contributed by atoms with Gasteiger partial charge in [-0.15, -0.1) is 11.8 Å². The van der Waals surface area contributed by atoms with Crippen molar-refractivity contribution in [2.24, 2.45) is 5.73 Å². The molecule has 0 spiro atoms. The lowest BCUT2D eigenvalue weighted by Gasteiger charge is -2.20. The van der Waals surface area contributed by atoms with Crippen LogP contribution in [0.1, 0.15) is 30.0 Å². The molecule has 2 N–H and O–H groups in total. The van der Waals surface area contributed by atoms with E-state index in [0.29, 0.717) is 12.5 Å². The van der Waals surface area contributed by atoms with E-state index in [2.05, 4.69) is 36.4 Å². The Morgan fingerprint density at radius 2 is 2.10 bits per heavy atom. The molecule has 0 aliphatic carbocycles. The smallest absolute Gasteiger partial charge is 0.119 e. The van der Waals surface area contributed by atoms with Crippen molar-refractivity contribution >= 4 is 11.8 Å². The minimum absolute atomic E-state index is 0.0200. The van der Waals surface area contributed by atoms with Crippen molar-refractivity contribution in [3.8, 4) is 5.75 Å². The average molecular weight is 285 g/mol. The van der Waals surface area contributed by atoms with E-state index in [1.165, 1.54) is 10.5 Å². The Bertz CT molecular complexity index is 599. The summed E-state index contributed by atoms with van der Waals surface area (Å²) in [5.74, 6) is 2.34. The summed E-state index contributed by atoms with van der Waals surface area (Å²) in [5, 5.41) is 0. The van der Waals surface area contributed by atoms with Gasteiger partial charge in [0.2, 0.25) is 0 Å². The molecule has 2 aromatic rings. The van der Waals surface area contributed by atoms with Gasteiger partial charge in [-0.1, -0.05) is 30.3 Å². The monoisotopic (exact) mass is 285 g/mol. The van der Waals surface area contributed by atoms with E-state index in [9.17, 15) is 0 Å². The lowest BCUT2D eigenvalue weighted by atomic mass is 9.89. The van der Waals surface area contributed by atoms with Gasteiger partial charge in [-0.3, -0.25) is 0 Å². The first kappa shape index (κ1) is 13.5. The first-order valence-corrected chi connectivity index (χ1v) is 7.98. The number of rotatable bonds is 4. The lowest BCUT2D eigenvalue weighted by molar-refractivity contribution is 0.339. The molecule has 1 heterocycles. The molecule has 0 amide bonds. The van der Waals surface area contributed by atoms with Crippen molar-refractivity contribution in [3.63, 3.8) is 0 Å². The molecule has 2 atom stereocenters. The molecule has 0 fully saturated rings. The van der Waals surface area contributed by atoms with Gasteiger partial charge in [-0.2, -0.15) is 0 Å². The Balaban J connectivity index is 1.86. The number of ether oxygens (including phenoxy) is 1. The van der Waals surface area contributed by atoms with Crippen LogP contribution in [-0.4, -0.2) is 12.4 Å². The van der Waals surface area contributed by atoms with Crippen molar-refractivity contribution in [1.29, 1.82) is 0 Å². The highest BCUT2D eigenvalue weighted by molar-refractivity contribution is 7.99. The molecule has 0 radical (unpaired) electrons. The van der Waals surface area contributed by atoms with Gasteiger partial charge in [0, 0.05) is 22.6 Å². The average Bonchev–Trinajstić information content (AvgIpc) is 2.91. The lowest BCUT2D eigenvalue weighted by Crippen LogP contribution is -2.19. The van der Waals surface area contributed by atoms with Crippen LogP contribution < -0.4 is 10.5 Å². The molecule has 0 saturated carbocycles. The van der Waals surface area contributed by atoms with E-state index in [4.69, 9.17) is 10.5 Å². The van der Waals surface area contributed by atoms with Gasteiger partial charge in [0.15, 0.2) is 0 Å². The highest BCUT2D eigenvalue weighted by Crippen LogP contribution is 2.44. The Labute approximate surface area is 124 Å². The summed E-state index contributed by atoms with van der Waals surface area (Å²) in [4.78, 5) is 1.37. The number of hydrogen-bond donors (Lipinski definition) is 1. The molecular formula is C17H19NOS. The van der Waals surface area contributed by atoms with Crippen LogP contribution in [0.15, 0.2) is 53.4 Å². The number of thioether (sulfide) groups is 1. The second-order valence-electron chi connectivity index (χ2n) is 4.99. The summed E-state index contributed by atoms with van der Waals surface area (Å²) in [7, 11) is 0. The van der Waals surface area contributed by atoms with Crippen LogP contribution in [0.3, 0.4) is 0 Å². The third kappa shape index (κ3) is 2.56. The van der Waals surface area contributed by atoms with E-state index in [1.807, 2.05) is 30.8 Å². The standard InChI is InChI=1S/C17H19NOS/c1-2-19-13-7-5-6-12(10-13)17(18)15-11-20-16-9-4-3-8-14(15)16/h3-10,15,17H,2,11,18H2,1H3. The maximum absolute atomic E-state index is 6.51. The molecule has 0 aromatic heterocycles. The molecule has 2 unspecified atom stereocenters. The third-order valence-corrected chi connectivity index (χ3v) is 4.93. The van der Waals surface area contributed by atoms with Crippen molar-refractivity contribution in [3.05, 3.63) is 59.7 Å². The van der Waals surface area contributed by atoms with Crippen LogP contribution >= 0.6 is 11.8 Å². The second kappa shape index (κ2) is 5.90. The van der Waals surface area contributed by atoms with Gasteiger partial charge in [-0.25, -0.2) is 0 Å².